The summed E-state index contributed by atoms with van der Waals surface area (Å²) in [6.07, 6.45) is 3.42. The first-order chi connectivity index (χ1) is 11.7. The van der Waals surface area contributed by atoms with E-state index in [9.17, 15) is 0 Å². The molecule has 2 rings (SSSR count). The van der Waals surface area contributed by atoms with Gasteiger partial charge in [0.1, 0.15) is 5.75 Å². The molecule has 134 valence electrons. The number of methoxy groups -OCH3 is 1. The Morgan fingerprint density at radius 2 is 2.00 bits per heavy atom. The Bertz CT molecular complexity index is 510. The maximum absolute atomic E-state index is 5.41. The van der Waals surface area contributed by atoms with Gasteiger partial charge < -0.3 is 20.3 Å². The Morgan fingerprint density at radius 1 is 1.25 bits per heavy atom. The molecule has 0 radical (unpaired) electrons. The first-order valence-electron chi connectivity index (χ1n) is 9.05. The SMILES string of the molecule is CCNC(=NCC1CCN(C)CC1)NCCc1ccccc1OC. The van der Waals surface area contributed by atoms with E-state index in [0.717, 1.165) is 37.8 Å². The number of nitrogens with one attached hydrogen (secondary N) is 2. The lowest BCUT2D eigenvalue weighted by Crippen LogP contribution is -2.39. The molecule has 0 unspecified atom stereocenters. The Balaban J connectivity index is 1.81. The lowest BCUT2D eigenvalue weighted by molar-refractivity contribution is 0.223. The van der Waals surface area contributed by atoms with Crippen LogP contribution in [-0.2, 0) is 6.42 Å². The number of hydrogen-bond donors (Lipinski definition) is 2. The van der Waals surface area contributed by atoms with Gasteiger partial charge in [-0.25, -0.2) is 0 Å². The average molecular weight is 332 g/mol. The molecule has 5 heteroatoms. The maximum Gasteiger partial charge on any atom is 0.191 e. The van der Waals surface area contributed by atoms with E-state index < -0.39 is 0 Å². The van der Waals surface area contributed by atoms with Crippen LogP contribution in [0.2, 0.25) is 0 Å². The summed E-state index contributed by atoms with van der Waals surface area (Å²) in [5, 5.41) is 6.78. The predicted molar refractivity (Wildman–Crippen MR) is 101 cm³/mol. The van der Waals surface area contributed by atoms with Gasteiger partial charge in [-0.3, -0.25) is 4.99 Å². The van der Waals surface area contributed by atoms with Crippen molar-refractivity contribution in [2.75, 3.05) is 46.9 Å². The van der Waals surface area contributed by atoms with Crippen LogP contribution in [0.5, 0.6) is 5.75 Å². The number of guanidine groups is 1. The van der Waals surface area contributed by atoms with Crippen LogP contribution in [0, 0.1) is 5.92 Å². The van der Waals surface area contributed by atoms with Crippen LogP contribution in [0.1, 0.15) is 25.3 Å². The second-order valence-corrected chi connectivity index (χ2v) is 6.45. The summed E-state index contributed by atoms with van der Waals surface area (Å²) in [4.78, 5) is 7.18. The molecule has 1 aliphatic rings. The summed E-state index contributed by atoms with van der Waals surface area (Å²) in [7, 11) is 3.92. The van der Waals surface area contributed by atoms with E-state index in [0.29, 0.717) is 5.92 Å². The topological polar surface area (TPSA) is 48.9 Å². The molecule has 1 aliphatic heterocycles. The van der Waals surface area contributed by atoms with Gasteiger partial charge in [0.15, 0.2) is 5.96 Å². The van der Waals surface area contributed by atoms with Crippen molar-refractivity contribution in [2.45, 2.75) is 26.2 Å². The standard InChI is InChI=1S/C19H32N4O/c1-4-20-19(22-15-16-10-13-23(2)14-11-16)21-12-9-17-7-5-6-8-18(17)24-3/h5-8,16H,4,9-15H2,1-3H3,(H2,20,21,22). The average Bonchev–Trinajstić information content (AvgIpc) is 2.61. The number of nitrogens with zero attached hydrogens (tertiary/aromatic N) is 2. The molecule has 0 spiro atoms. The third kappa shape index (κ3) is 6.04. The highest BCUT2D eigenvalue weighted by molar-refractivity contribution is 5.79. The fraction of sp³-hybridized carbons (Fsp3) is 0.632. The van der Waals surface area contributed by atoms with E-state index in [1.807, 2.05) is 12.1 Å². The number of para-hydroxylation sites is 1. The number of aliphatic imine (C=N–C) groups is 1. The highest BCUT2D eigenvalue weighted by Gasteiger charge is 2.16. The van der Waals surface area contributed by atoms with Crippen LogP contribution >= 0.6 is 0 Å². The van der Waals surface area contributed by atoms with E-state index in [4.69, 9.17) is 9.73 Å². The third-order valence-electron chi connectivity index (χ3n) is 4.57. The Hall–Kier alpha value is -1.75. The number of ether oxygens (including phenoxy) is 1. The molecule has 2 N–H and O–H groups in total. The van der Waals surface area contributed by atoms with Gasteiger partial charge in [0, 0.05) is 19.6 Å². The van der Waals surface area contributed by atoms with Gasteiger partial charge in [-0.15, -0.1) is 0 Å². The lowest BCUT2D eigenvalue weighted by Gasteiger charge is -2.28. The lowest BCUT2D eigenvalue weighted by atomic mass is 9.97. The molecule has 24 heavy (non-hydrogen) atoms. The Labute approximate surface area is 146 Å². The molecule has 0 amide bonds. The largest absolute Gasteiger partial charge is 0.496 e. The molecular weight excluding hydrogens is 300 g/mol. The van der Waals surface area contributed by atoms with Gasteiger partial charge in [0.25, 0.3) is 0 Å². The quantitative estimate of drug-likeness (QED) is 0.593. The fourth-order valence-electron chi connectivity index (χ4n) is 3.03. The molecule has 0 bridgehead atoms. The highest BCUT2D eigenvalue weighted by Crippen LogP contribution is 2.17. The zero-order chi connectivity index (χ0) is 17.2. The second kappa shape index (κ2) is 10.2. The summed E-state index contributed by atoms with van der Waals surface area (Å²) in [5.74, 6) is 2.59. The predicted octanol–water partition coefficient (Wildman–Crippen LogP) is 2.13. The fourth-order valence-corrected chi connectivity index (χ4v) is 3.03. The van der Waals surface area contributed by atoms with Crippen molar-refractivity contribution in [1.29, 1.82) is 0 Å². The molecule has 0 saturated carbocycles. The number of hydrogen-bond acceptors (Lipinski definition) is 3. The van der Waals surface area contributed by atoms with E-state index in [1.165, 1.54) is 31.5 Å². The van der Waals surface area contributed by atoms with E-state index in [2.05, 4.69) is 41.6 Å². The number of rotatable bonds is 7. The Kier molecular flexibility index (Phi) is 7.89. The first-order valence-corrected chi connectivity index (χ1v) is 9.05. The summed E-state index contributed by atoms with van der Waals surface area (Å²) in [6.45, 7) is 7.13. The third-order valence-corrected chi connectivity index (χ3v) is 4.57. The zero-order valence-electron chi connectivity index (χ0n) is 15.3. The normalized spacial score (nSPS) is 16.9. The van der Waals surface area contributed by atoms with Crippen LogP contribution in [0.25, 0.3) is 0 Å². The van der Waals surface area contributed by atoms with Gasteiger partial charge >= 0.3 is 0 Å². The minimum absolute atomic E-state index is 0.714. The van der Waals surface area contributed by atoms with Gasteiger partial charge in [-0.2, -0.15) is 0 Å². The van der Waals surface area contributed by atoms with E-state index in [1.54, 1.807) is 7.11 Å². The molecule has 1 aromatic carbocycles. The van der Waals surface area contributed by atoms with Crippen molar-refractivity contribution in [2.24, 2.45) is 10.9 Å². The molecule has 1 fully saturated rings. The van der Waals surface area contributed by atoms with Crippen molar-refractivity contribution < 1.29 is 4.74 Å². The van der Waals surface area contributed by atoms with Crippen molar-refractivity contribution in [1.82, 2.24) is 15.5 Å². The molecule has 1 heterocycles. The molecule has 1 saturated heterocycles. The summed E-state index contributed by atoms with van der Waals surface area (Å²) in [6, 6.07) is 8.18. The van der Waals surface area contributed by atoms with Crippen molar-refractivity contribution in [3.05, 3.63) is 29.8 Å². The molecular formula is C19H32N4O. The van der Waals surface area contributed by atoms with Gasteiger partial charge in [0.05, 0.1) is 7.11 Å². The first kappa shape index (κ1) is 18.6. The Morgan fingerprint density at radius 3 is 2.71 bits per heavy atom. The summed E-state index contributed by atoms with van der Waals surface area (Å²) in [5.41, 5.74) is 1.22. The van der Waals surface area contributed by atoms with Gasteiger partial charge in [0.2, 0.25) is 0 Å². The maximum atomic E-state index is 5.41. The van der Waals surface area contributed by atoms with Crippen LogP contribution in [-0.4, -0.2) is 57.7 Å². The van der Waals surface area contributed by atoms with Crippen molar-refractivity contribution in [3.8, 4) is 5.75 Å². The molecule has 0 atom stereocenters. The number of benzene rings is 1. The number of piperidine rings is 1. The number of likely N-dealkylation sites (tertiary alicyclic amines) is 1. The van der Waals surface area contributed by atoms with Crippen LogP contribution < -0.4 is 15.4 Å². The van der Waals surface area contributed by atoms with Gasteiger partial charge in [-0.05, 0) is 63.9 Å². The second-order valence-electron chi connectivity index (χ2n) is 6.45. The highest BCUT2D eigenvalue weighted by atomic mass is 16.5. The van der Waals surface area contributed by atoms with Crippen LogP contribution in [0.3, 0.4) is 0 Å². The molecule has 0 aliphatic carbocycles. The zero-order valence-corrected chi connectivity index (χ0v) is 15.3. The van der Waals surface area contributed by atoms with Crippen LogP contribution in [0.15, 0.2) is 29.3 Å². The van der Waals surface area contributed by atoms with E-state index in [-0.39, 0.29) is 0 Å². The summed E-state index contributed by atoms with van der Waals surface area (Å²) >= 11 is 0. The van der Waals surface area contributed by atoms with Crippen molar-refractivity contribution >= 4 is 5.96 Å². The van der Waals surface area contributed by atoms with Crippen LogP contribution in [0.4, 0.5) is 0 Å². The van der Waals surface area contributed by atoms with Gasteiger partial charge in [-0.1, -0.05) is 18.2 Å². The summed E-state index contributed by atoms with van der Waals surface area (Å²) < 4.78 is 5.41. The minimum atomic E-state index is 0.714. The van der Waals surface area contributed by atoms with Crippen molar-refractivity contribution in [3.63, 3.8) is 0 Å². The molecule has 1 aromatic rings. The van der Waals surface area contributed by atoms with E-state index >= 15 is 0 Å². The molecule has 0 aromatic heterocycles. The minimum Gasteiger partial charge on any atom is -0.496 e. The molecule has 5 nitrogen and oxygen atoms in total. The smallest absolute Gasteiger partial charge is 0.191 e. The monoisotopic (exact) mass is 332 g/mol.